The third-order valence-electron chi connectivity index (χ3n) is 3.19. The van der Waals surface area contributed by atoms with Crippen molar-refractivity contribution in [2.24, 2.45) is 5.41 Å². The molecule has 1 aromatic rings. The molecule has 0 saturated carbocycles. The molecule has 0 aliphatic carbocycles. The average Bonchev–Trinajstić information content (AvgIpc) is 2.75. The van der Waals surface area contributed by atoms with Gasteiger partial charge in [0, 0.05) is 19.3 Å². The summed E-state index contributed by atoms with van der Waals surface area (Å²) in [7, 11) is 0. The van der Waals surface area contributed by atoms with Crippen LogP contribution >= 0.6 is 0 Å². The third kappa shape index (κ3) is 1.89. The molecule has 0 unspecified atom stereocenters. The van der Waals surface area contributed by atoms with Gasteiger partial charge in [-0.25, -0.2) is 4.98 Å². The van der Waals surface area contributed by atoms with Gasteiger partial charge in [0.25, 0.3) is 0 Å². The Morgan fingerprint density at radius 2 is 2.17 bits per heavy atom. The minimum atomic E-state index is -4.76. The number of aliphatic carboxylic acids is 1. The summed E-state index contributed by atoms with van der Waals surface area (Å²) in [5, 5.41) is 8.90. The molecule has 0 aromatic carbocycles. The van der Waals surface area contributed by atoms with Crippen LogP contribution in [0.15, 0.2) is 24.4 Å². The first kappa shape index (κ1) is 12.7. The molecule has 1 saturated heterocycles. The molecular weight excluding hydrogens is 249 g/mol. The van der Waals surface area contributed by atoms with Crippen LogP contribution in [-0.4, -0.2) is 35.3 Å². The Labute approximate surface area is 101 Å². The molecule has 1 aliphatic heterocycles. The topological polar surface area (TPSA) is 53.4 Å². The Morgan fingerprint density at radius 3 is 2.61 bits per heavy atom. The van der Waals surface area contributed by atoms with Crippen LogP contribution in [0.4, 0.5) is 19.0 Å². The Hall–Kier alpha value is -1.79. The minimum Gasteiger partial charge on any atom is -0.481 e. The summed E-state index contributed by atoms with van der Waals surface area (Å²) in [5.41, 5.74) is -2.69. The van der Waals surface area contributed by atoms with Crippen LogP contribution in [0.3, 0.4) is 0 Å². The maximum Gasteiger partial charge on any atom is 0.406 e. The van der Waals surface area contributed by atoms with Gasteiger partial charge in [0.2, 0.25) is 0 Å². The number of halogens is 3. The summed E-state index contributed by atoms with van der Waals surface area (Å²) in [6.45, 7) is -0.564. The van der Waals surface area contributed by atoms with Crippen molar-refractivity contribution >= 4 is 11.8 Å². The van der Waals surface area contributed by atoms with Gasteiger partial charge in [-0.1, -0.05) is 6.07 Å². The standard InChI is InChI=1S/C11H11F3N2O2/c12-11(13,14)10(9(17)18)4-6-16(7-10)8-3-1-2-5-15-8/h1-3,5H,4,6-7H2,(H,17,18)/t10-/m1/s1. The van der Waals surface area contributed by atoms with Crippen LogP contribution in [0.1, 0.15) is 6.42 Å². The van der Waals surface area contributed by atoms with E-state index in [0.717, 1.165) is 0 Å². The van der Waals surface area contributed by atoms with Crippen molar-refractivity contribution in [3.63, 3.8) is 0 Å². The van der Waals surface area contributed by atoms with Gasteiger partial charge in [-0.15, -0.1) is 0 Å². The zero-order valence-electron chi connectivity index (χ0n) is 9.31. The second kappa shape index (κ2) is 4.15. The van der Waals surface area contributed by atoms with Gasteiger partial charge in [-0.05, 0) is 18.6 Å². The maximum atomic E-state index is 12.9. The zero-order valence-corrected chi connectivity index (χ0v) is 9.31. The van der Waals surface area contributed by atoms with Crippen LogP contribution in [0.25, 0.3) is 0 Å². The van der Waals surface area contributed by atoms with Crippen LogP contribution in [0, 0.1) is 5.41 Å². The summed E-state index contributed by atoms with van der Waals surface area (Å²) in [4.78, 5) is 16.3. The van der Waals surface area contributed by atoms with Gasteiger partial charge >= 0.3 is 12.1 Å². The number of rotatable bonds is 2. The molecule has 1 N–H and O–H groups in total. The van der Waals surface area contributed by atoms with Crippen molar-refractivity contribution in [3.05, 3.63) is 24.4 Å². The molecule has 2 rings (SSSR count). The predicted molar refractivity (Wildman–Crippen MR) is 57.2 cm³/mol. The van der Waals surface area contributed by atoms with E-state index >= 15 is 0 Å². The van der Waals surface area contributed by atoms with E-state index in [4.69, 9.17) is 5.11 Å². The minimum absolute atomic E-state index is 0.0306. The molecule has 0 radical (unpaired) electrons. The molecule has 1 atom stereocenters. The number of nitrogens with zero attached hydrogens (tertiary/aromatic N) is 2. The smallest absolute Gasteiger partial charge is 0.406 e. The lowest BCUT2D eigenvalue weighted by Crippen LogP contribution is -2.47. The number of anilines is 1. The Morgan fingerprint density at radius 1 is 1.44 bits per heavy atom. The average molecular weight is 260 g/mol. The molecule has 0 amide bonds. The fraction of sp³-hybridized carbons (Fsp3) is 0.455. The van der Waals surface area contributed by atoms with E-state index in [9.17, 15) is 18.0 Å². The molecule has 4 nitrogen and oxygen atoms in total. The first-order chi connectivity index (χ1) is 8.37. The van der Waals surface area contributed by atoms with Crippen LogP contribution in [0.5, 0.6) is 0 Å². The highest BCUT2D eigenvalue weighted by Gasteiger charge is 2.63. The summed E-state index contributed by atoms with van der Waals surface area (Å²) >= 11 is 0. The molecular formula is C11H11F3N2O2. The molecule has 0 bridgehead atoms. The molecule has 1 aliphatic rings. The first-order valence-corrected chi connectivity index (χ1v) is 5.33. The van der Waals surface area contributed by atoms with Gasteiger partial charge in [0.05, 0.1) is 0 Å². The molecule has 18 heavy (non-hydrogen) atoms. The lowest BCUT2D eigenvalue weighted by atomic mass is 9.86. The number of carboxylic acid groups (broad SMARTS) is 1. The number of hydrogen-bond acceptors (Lipinski definition) is 3. The fourth-order valence-corrected chi connectivity index (χ4v) is 2.07. The Bertz CT molecular complexity index is 449. The Kier molecular flexibility index (Phi) is 2.92. The van der Waals surface area contributed by atoms with E-state index in [0.29, 0.717) is 5.82 Å². The zero-order chi connectivity index (χ0) is 13.4. The van der Waals surface area contributed by atoms with Crippen molar-refractivity contribution < 1.29 is 23.1 Å². The van der Waals surface area contributed by atoms with Gasteiger partial charge in [0.15, 0.2) is 5.41 Å². The predicted octanol–water partition coefficient (Wildman–Crippen LogP) is 1.93. The van der Waals surface area contributed by atoms with E-state index in [2.05, 4.69) is 4.98 Å². The van der Waals surface area contributed by atoms with Gasteiger partial charge in [0.1, 0.15) is 5.82 Å². The number of hydrogen-bond donors (Lipinski definition) is 1. The third-order valence-corrected chi connectivity index (χ3v) is 3.19. The highest BCUT2D eigenvalue weighted by Crippen LogP contribution is 2.46. The fourth-order valence-electron chi connectivity index (χ4n) is 2.07. The van der Waals surface area contributed by atoms with E-state index < -0.39 is 30.5 Å². The van der Waals surface area contributed by atoms with Crippen molar-refractivity contribution in [1.29, 1.82) is 0 Å². The molecule has 7 heteroatoms. The monoisotopic (exact) mass is 260 g/mol. The van der Waals surface area contributed by atoms with Crippen LogP contribution < -0.4 is 4.90 Å². The molecule has 2 heterocycles. The quantitative estimate of drug-likeness (QED) is 0.882. The largest absolute Gasteiger partial charge is 0.481 e. The number of carbonyl (C=O) groups is 1. The highest BCUT2D eigenvalue weighted by atomic mass is 19.4. The Balaban J connectivity index is 2.28. The lowest BCUT2D eigenvalue weighted by molar-refractivity contribution is -0.225. The molecule has 1 fully saturated rings. The first-order valence-electron chi connectivity index (χ1n) is 5.33. The second-order valence-electron chi connectivity index (χ2n) is 4.24. The number of carboxylic acids is 1. The van der Waals surface area contributed by atoms with E-state index in [1.807, 2.05) is 0 Å². The highest BCUT2D eigenvalue weighted by molar-refractivity contribution is 5.77. The van der Waals surface area contributed by atoms with Gasteiger partial charge in [-0.2, -0.15) is 13.2 Å². The number of pyridine rings is 1. The van der Waals surface area contributed by atoms with Crippen molar-refractivity contribution in [3.8, 4) is 0 Å². The van der Waals surface area contributed by atoms with E-state index in [1.165, 1.54) is 11.1 Å². The molecule has 98 valence electrons. The summed E-state index contributed by atoms with van der Waals surface area (Å²) in [6, 6.07) is 4.86. The number of aromatic nitrogens is 1. The van der Waals surface area contributed by atoms with Crippen molar-refractivity contribution in [2.75, 3.05) is 18.0 Å². The maximum absolute atomic E-state index is 12.9. The molecule has 0 spiro atoms. The van der Waals surface area contributed by atoms with Crippen molar-refractivity contribution in [2.45, 2.75) is 12.6 Å². The SMILES string of the molecule is O=C(O)[C@@]1(C(F)(F)F)CCN(c2ccccn2)C1. The molecule has 1 aromatic heterocycles. The normalized spacial score (nSPS) is 24.3. The van der Waals surface area contributed by atoms with E-state index in [1.54, 1.807) is 18.2 Å². The summed E-state index contributed by atoms with van der Waals surface area (Å²) in [5.74, 6) is -1.46. The summed E-state index contributed by atoms with van der Waals surface area (Å²) < 4.78 is 38.8. The van der Waals surface area contributed by atoms with Gasteiger partial charge < -0.3 is 10.0 Å². The number of alkyl halides is 3. The summed E-state index contributed by atoms with van der Waals surface area (Å²) in [6.07, 6.45) is -3.76. The second-order valence-corrected chi connectivity index (χ2v) is 4.24. The van der Waals surface area contributed by atoms with Crippen LogP contribution in [0.2, 0.25) is 0 Å². The van der Waals surface area contributed by atoms with E-state index in [-0.39, 0.29) is 6.54 Å². The van der Waals surface area contributed by atoms with Crippen molar-refractivity contribution in [1.82, 2.24) is 4.98 Å². The lowest BCUT2D eigenvalue weighted by Gasteiger charge is -2.27. The van der Waals surface area contributed by atoms with Crippen LogP contribution in [-0.2, 0) is 4.79 Å². The van der Waals surface area contributed by atoms with Gasteiger partial charge in [-0.3, -0.25) is 4.79 Å².